The molecule has 0 bridgehead atoms. The summed E-state index contributed by atoms with van der Waals surface area (Å²) in [5, 5.41) is 10.4. The zero-order chi connectivity index (χ0) is 40.3. The van der Waals surface area contributed by atoms with E-state index in [4.69, 9.17) is 0 Å². The highest BCUT2D eigenvalue weighted by molar-refractivity contribution is 6.35. The summed E-state index contributed by atoms with van der Waals surface area (Å²) in [6.45, 7) is 4.61. The van der Waals surface area contributed by atoms with E-state index >= 15 is 0 Å². The van der Waals surface area contributed by atoms with E-state index in [1.807, 2.05) is 0 Å². The van der Waals surface area contributed by atoms with Crippen LogP contribution in [0.4, 0.5) is 0 Å². The standard InChI is InChI=1S/C61H40/c1-36(2)40-25-16-26-43(33-40)55-51-35-42-24-13-12-23-41(42)34-50(51)54(39-21-10-5-11-22-39)60-48-31-29-46-56-47(30-32-49(57(48)56)61(55)60)59-53(38-19-8-4-9-20-38)45-28-15-14-27-44(45)52(58(46)59)37-17-6-3-7-18-37/h3-36H,1-2H3. The van der Waals surface area contributed by atoms with E-state index < -0.39 is 0 Å². The maximum absolute atomic E-state index is 2.47. The molecule has 0 N–H and O–H groups in total. The second-order valence-corrected chi connectivity index (χ2v) is 17.2. The molecule has 0 unspecified atom stereocenters. The Morgan fingerprint density at radius 2 is 0.607 bits per heavy atom. The lowest BCUT2D eigenvalue weighted by Crippen LogP contribution is -1.95. The molecule has 0 saturated heterocycles. The van der Waals surface area contributed by atoms with Crippen molar-refractivity contribution in [2.45, 2.75) is 19.8 Å². The maximum Gasteiger partial charge on any atom is -0.000740 e. The molecule has 0 fully saturated rings. The van der Waals surface area contributed by atoms with E-state index in [0.717, 1.165) is 0 Å². The maximum atomic E-state index is 2.47. The Bertz CT molecular complexity index is 3540. The first-order chi connectivity index (χ1) is 30.1. The summed E-state index contributed by atoms with van der Waals surface area (Å²) in [5.74, 6) is 0.412. The van der Waals surface area contributed by atoms with Crippen molar-refractivity contribution < 1.29 is 0 Å². The molecule has 13 rings (SSSR count). The minimum atomic E-state index is 0.412. The largest absolute Gasteiger partial charge is 0.0622 e. The van der Waals surface area contributed by atoms with Crippen LogP contribution >= 0.6 is 0 Å². The van der Waals surface area contributed by atoms with Crippen LogP contribution in [0.5, 0.6) is 0 Å². The molecule has 0 atom stereocenters. The number of fused-ring (bicyclic) bond motifs is 9. The molecule has 0 nitrogen and oxygen atoms in total. The molecule has 0 radical (unpaired) electrons. The fraction of sp³-hybridized carbons (Fsp3) is 0.0492. The van der Waals surface area contributed by atoms with Crippen LogP contribution in [0.3, 0.4) is 0 Å². The first kappa shape index (κ1) is 34.3. The molecule has 0 saturated carbocycles. The molecule has 0 aromatic heterocycles. The van der Waals surface area contributed by atoms with Gasteiger partial charge in [0.2, 0.25) is 0 Å². The second-order valence-electron chi connectivity index (χ2n) is 17.2. The quantitative estimate of drug-likeness (QED) is 0.153. The zero-order valence-corrected chi connectivity index (χ0v) is 34.1. The Labute approximate surface area is 356 Å². The molecule has 2 aliphatic carbocycles. The topological polar surface area (TPSA) is 0 Å². The fourth-order valence-corrected chi connectivity index (χ4v) is 11.1. The third kappa shape index (κ3) is 4.82. The summed E-state index contributed by atoms with van der Waals surface area (Å²) in [6.07, 6.45) is 0. The Kier molecular flexibility index (Phi) is 7.31. The van der Waals surface area contributed by atoms with E-state index in [2.05, 4.69) is 214 Å². The van der Waals surface area contributed by atoms with E-state index in [0.29, 0.717) is 5.92 Å². The van der Waals surface area contributed by atoms with Crippen molar-refractivity contribution in [3.05, 3.63) is 206 Å². The van der Waals surface area contributed by atoms with Crippen molar-refractivity contribution in [2.24, 2.45) is 0 Å². The number of hydrogen-bond donors (Lipinski definition) is 0. The summed E-state index contributed by atoms with van der Waals surface area (Å²) in [7, 11) is 0. The third-order valence-electron chi connectivity index (χ3n) is 13.7. The van der Waals surface area contributed by atoms with Crippen molar-refractivity contribution in [2.75, 3.05) is 0 Å². The monoisotopic (exact) mass is 772 g/mol. The predicted molar refractivity (Wildman–Crippen MR) is 261 cm³/mol. The lowest BCUT2D eigenvalue weighted by atomic mass is 9.81. The first-order valence-corrected chi connectivity index (χ1v) is 21.6. The molecule has 0 amide bonds. The van der Waals surface area contributed by atoms with Crippen molar-refractivity contribution in [1.82, 2.24) is 0 Å². The van der Waals surface area contributed by atoms with Crippen LogP contribution in [0.15, 0.2) is 200 Å². The van der Waals surface area contributed by atoms with Gasteiger partial charge in [-0.15, -0.1) is 0 Å². The van der Waals surface area contributed by atoms with E-state index in [1.165, 1.54) is 138 Å². The van der Waals surface area contributed by atoms with Gasteiger partial charge in [0.25, 0.3) is 0 Å². The molecule has 2 aliphatic rings. The lowest BCUT2D eigenvalue weighted by molar-refractivity contribution is 0.867. The molecule has 11 aromatic carbocycles. The smallest absolute Gasteiger partial charge is 0.000740 e. The van der Waals surface area contributed by atoms with Crippen LogP contribution in [0.2, 0.25) is 0 Å². The average molecular weight is 773 g/mol. The Hall–Kier alpha value is -7.54. The van der Waals surface area contributed by atoms with Crippen LogP contribution in [0, 0.1) is 0 Å². The summed E-state index contributed by atoms with van der Waals surface area (Å²) in [4.78, 5) is 0. The van der Waals surface area contributed by atoms with E-state index in [1.54, 1.807) is 0 Å². The van der Waals surface area contributed by atoms with Gasteiger partial charge >= 0.3 is 0 Å². The molecule has 284 valence electrons. The van der Waals surface area contributed by atoms with Crippen LogP contribution in [0.1, 0.15) is 25.3 Å². The van der Waals surface area contributed by atoms with Gasteiger partial charge in [0, 0.05) is 0 Å². The van der Waals surface area contributed by atoms with Crippen molar-refractivity contribution in [3.63, 3.8) is 0 Å². The van der Waals surface area contributed by atoms with Gasteiger partial charge in [-0.25, -0.2) is 0 Å². The van der Waals surface area contributed by atoms with Gasteiger partial charge in [-0.3, -0.25) is 0 Å². The predicted octanol–water partition coefficient (Wildman–Crippen LogP) is 17.4. The molecule has 0 spiro atoms. The van der Waals surface area contributed by atoms with Crippen molar-refractivity contribution in [3.8, 4) is 89.0 Å². The highest BCUT2D eigenvalue weighted by Gasteiger charge is 2.37. The van der Waals surface area contributed by atoms with Crippen LogP contribution < -0.4 is 0 Å². The normalized spacial score (nSPS) is 12.2. The van der Waals surface area contributed by atoms with Gasteiger partial charge in [0.1, 0.15) is 0 Å². The molecule has 61 heavy (non-hydrogen) atoms. The molecule has 0 heteroatoms. The Morgan fingerprint density at radius 3 is 1.02 bits per heavy atom. The minimum Gasteiger partial charge on any atom is -0.0622 e. The molecular weight excluding hydrogens is 733 g/mol. The summed E-state index contributed by atoms with van der Waals surface area (Å²) < 4.78 is 0. The van der Waals surface area contributed by atoms with Crippen molar-refractivity contribution >= 4 is 43.1 Å². The number of hydrogen-bond acceptors (Lipinski definition) is 0. The van der Waals surface area contributed by atoms with Crippen LogP contribution in [-0.4, -0.2) is 0 Å². The second kappa shape index (κ2) is 13.0. The summed E-state index contributed by atoms with van der Waals surface area (Å²) in [6, 6.07) is 75.3. The van der Waals surface area contributed by atoms with Crippen molar-refractivity contribution in [1.29, 1.82) is 0 Å². The highest BCUT2D eigenvalue weighted by Crippen LogP contribution is 2.64. The number of rotatable bonds is 5. The Balaban J connectivity index is 1.23. The van der Waals surface area contributed by atoms with Gasteiger partial charge < -0.3 is 0 Å². The minimum absolute atomic E-state index is 0.412. The molecule has 11 aromatic rings. The Morgan fingerprint density at radius 1 is 0.262 bits per heavy atom. The van der Waals surface area contributed by atoms with Crippen LogP contribution in [-0.2, 0) is 0 Å². The SMILES string of the molecule is CC(C)c1cccc(-c2c3c(c(-c4ccccc4)c4cc5ccccc5cc24)-c2ccc4c5c(ccc-3c25)-c2c-4c(-c3ccccc3)c3ccccc3c2-c2ccccc2)c1. The number of benzene rings is 11. The molecule has 0 aliphatic heterocycles. The molecule has 0 heterocycles. The average Bonchev–Trinajstić information content (AvgIpc) is 3.82. The van der Waals surface area contributed by atoms with Gasteiger partial charge in [-0.2, -0.15) is 0 Å². The van der Waals surface area contributed by atoms with E-state index in [-0.39, 0.29) is 0 Å². The van der Waals surface area contributed by atoms with Gasteiger partial charge in [-0.1, -0.05) is 202 Å². The lowest BCUT2D eigenvalue weighted by Gasteiger charge is -2.22. The summed E-state index contributed by atoms with van der Waals surface area (Å²) >= 11 is 0. The third-order valence-corrected chi connectivity index (χ3v) is 13.7. The first-order valence-electron chi connectivity index (χ1n) is 21.6. The van der Waals surface area contributed by atoms with E-state index in [9.17, 15) is 0 Å². The zero-order valence-electron chi connectivity index (χ0n) is 34.1. The van der Waals surface area contributed by atoms with Gasteiger partial charge in [-0.05, 0) is 156 Å². The van der Waals surface area contributed by atoms with Gasteiger partial charge in [0.05, 0.1) is 0 Å². The van der Waals surface area contributed by atoms with Gasteiger partial charge in [0.15, 0.2) is 0 Å². The fourth-order valence-electron chi connectivity index (χ4n) is 11.1. The highest BCUT2D eigenvalue weighted by atomic mass is 14.4. The van der Waals surface area contributed by atoms with Crippen LogP contribution in [0.25, 0.3) is 132 Å². The summed E-state index contributed by atoms with van der Waals surface area (Å²) in [5.41, 5.74) is 22.2. The molecular formula is C61H40.